The predicted octanol–water partition coefficient (Wildman–Crippen LogP) is 2.81. The second-order valence-corrected chi connectivity index (χ2v) is 3.95. The van der Waals surface area contributed by atoms with Crippen molar-refractivity contribution in [3.63, 3.8) is 0 Å². The fourth-order valence-electron chi connectivity index (χ4n) is 1.82. The summed E-state index contributed by atoms with van der Waals surface area (Å²) in [4.78, 5) is 5.60. The van der Waals surface area contributed by atoms with Crippen molar-refractivity contribution in [3.05, 3.63) is 42.5 Å². The molecule has 2 nitrogen and oxygen atoms in total. The number of rotatable bonds is 4. The third-order valence-electron chi connectivity index (χ3n) is 2.70. The Labute approximate surface area is 91.8 Å². The molecule has 0 unspecified atom stereocenters. The van der Waals surface area contributed by atoms with Crippen LogP contribution in [0.2, 0.25) is 0 Å². The van der Waals surface area contributed by atoms with Gasteiger partial charge in [-0.1, -0.05) is 36.8 Å². The molecule has 1 aliphatic rings. The quantitative estimate of drug-likeness (QED) is 0.747. The minimum absolute atomic E-state index is 0.886. The van der Waals surface area contributed by atoms with Gasteiger partial charge < -0.3 is 0 Å². The van der Waals surface area contributed by atoms with Crippen LogP contribution in [-0.2, 0) is 11.3 Å². The monoisotopic (exact) mass is 204 g/mol. The SMILES string of the molecule is [CH](Cc1ccccc1)ON1CCCCC1. The highest BCUT2D eigenvalue weighted by Gasteiger charge is 2.09. The van der Waals surface area contributed by atoms with Crippen LogP contribution in [0, 0.1) is 6.61 Å². The molecule has 1 radical (unpaired) electrons. The average molecular weight is 204 g/mol. The lowest BCUT2D eigenvalue weighted by molar-refractivity contribution is -0.138. The van der Waals surface area contributed by atoms with E-state index in [0.29, 0.717) is 0 Å². The van der Waals surface area contributed by atoms with Gasteiger partial charge in [-0.05, 0) is 18.4 Å². The van der Waals surface area contributed by atoms with Gasteiger partial charge in [-0.2, -0.15) is 5.06 Å². The first kappa shape index (κ1) is 10.7. The molecule has 1 aliphatic heterocycles. The maximum atomic E-state index is 5.60. The van der Waals surface area contributed by atoms with Crippen LogP contribution in [0.15, 0.2) is 30.3 Å². The van der Waals surface area contributed by atoms with E-state index in [4.69, 9.17) is 4.84 Å². The molecule has 1 saturated heterocycles. The van der Waals surface area contributed by atoms with Crippen molar-refractivity contribution in [2.24, 2.45) is 0 Å². The molecule has 1 heterocycles. The molecule has 0 amide bonds. The third kappa shape index (κ3) is 3.65. The van der Waals surface area contributed by atoms with E-state index in [-0.39, 0.29) is 0 Å². The Morgan fingerprint density at radius 2 is 1.80 bits per heavy atom. The molecular weight excluding hydrogens is 186 g/mol. The van der Waals surface area contributed by atoms with E-state index in [9.17, 15) is 0 Å². The number of hydroxylamine groups is 2. The zero-order chi connectivity index (χ0) is 10.3. The molecule has 1 aromatic carbocycles. The average Bonchev–Trinajstić information content (AvgIpc) is 2.32. The van der Waals surface area contributed by atoms with Gasteiger partial charge in [0.05, 0.1) is 0 Å². The van der Waals surface area contributed by atoms with Gasteiger partial charge in [0.2, 0.25) is 0 Å². The molecule has 0 spiro atoms. The standard InChI is InChI=1S/C13H18NO/c1-3-7-13(8-4-1)9-12-15-14-10-5-2-6-11-14/h1,3-4,7-8,12H,2,5-6,9-11H2. The van der Waals surface area contributed by atoms with E-state index >= 15 is 0 Å². The lowest BCUT2D eigenvalue weighted by Gasteiger charge is -2.25. The van der Waals surface area contributed by atoms with Crippen molar-refractivity contribution < 1.29 is 4.84 Å². The van der Waals surface area contributed by atoms with Gasteiger partial charge in [0.15, 0.2) is 0 Å². The number of hydrogen-bond acceptors (Lipinski definition) is 2. The van der Waals surface area contributed by atoms with Gasteiger partial charge in [0.1, 0.15) is 6.61 Å². The summed E-state index contributed by atoms with van der Waals surface area (Å²) < 4.78 is 0. The lowest BCUT2D eigenvalue weighted by atomic mass is 10.2. The van der Waals surface area contributed by atoms with Crippen LogP contribution in [0.5, 0.6) is 0 Å². The van der Waals surface area contributed by atoms with Gasteiger partial charge in [-0.15, -0.1) is 0 Å². The van der Waals surface area contributed by atoms with E-state index in [2.05, 4.69) is 29.3 Å². The summed E-state index contributed by atoms with van der Waals surface area (Å²) in [7, 11) is 0. The first-order valence-electron chi connectivity index (χ1n) is 5.72. The lowest BCUT2D eigenvalue weighted by Crippen LogP contribution is -2.29. The van der Waals surface area contributed by atoms with Crippen LogP contribution in [0.4, 0.5) is 0 Å². The molecule has 15 heavy (non-hydrogen) atoms. The van der Waals surface area contributed by atoms with Crippen LogP contribution < -0.4 is 0 Å². The minimum Gasteiger partial charge on any atom is -0.293 e. The largest absolute Gasteiger partial charge is 0.293 e. The van der Waals surface area contributed by atoms with Crippen LogP contribution in [0.25, 0.3) is 0 Å². The minimum atomic E-state index is 0.886. The van der Waals surface area contributed by atoms with E-state index in [1.54, 1.807) is 0 Å². The number of benzene rings is 1. The maximum Gasteiger partial charge on any atom is 0.112 e. The highest BCUT2D eigenvalue weighted by Crippen LogP contribution is 2.10. The summed E-state index contributed by atoms with van der Waals surface area (Å²) in [6.45, 7) is 4.05. The second kappa shape index (κ2) is 5.89. The number of hydrogen-bond donors (Lipinski definition) is 0. The number of piperidine rings is 1. The van der Waals surface area contributed by atoms with Crippen LogP contribution in [0.1, 0.15) is 24.8 Å². The van der Waals surface area contributed by atoms with Gasteiger partial charge >= 0.3 is 0 Å². The zero-order valence-electron chi connectivity index (χ0n) is 9.06. The molecule has 0 bridgehead atoms. The summed E-state index contributed by atoms with van der Waals surface area (Å²) in [6, 6.07) is 10.4. The fourth-order valence-corrected chi connectivity index (χ4v) is 1.82. The van der Waals surface area contributed by atoms with Crippen LogP contribution in [0.3, 0.4) is 0 Å². The molecule has 81 valence electrons. The zero-order valence-corrected chi connectivity index (χ0v) is 9.06. The van der Waals surface area contributed by atoms with E-state index < -0.39 is 0 Å². The Kier molecular flexibility index (Phi) is 4.18. The highest BCUT2D eigenvalue weighted by molar-refractivity contribution is 5.15. The van der Waals surface area contributed by atoms with Crippen molar-refractivity contribution in [2.75, 3.05) is 13.1 Å². The summed E-state index contributed by atoms with van der Waals surface area (Å²) in [5.41, 5.74) is 1.30. The smallest absolute Gasteiger partial charge is 0.112 e. The first-order valence-corrected chi connectivity index (χ1v) is 5.72. The van der Waals surface area contributed by atoms with Crippen molar-refractivity contribution in [2.45, 2.75) is 25.7 Å². The molecule has 0 aliphatic carbocycles. The third-order valence-corrected chi connectivity index (χ3v) is 2.70. The van der Waals surface area contributed by atoms with E-state index in [1.807, 2.05) is 12.7 Å². The van der Waals surface area contributed by atoms with E-state index in [1.165, 1.54) is 24.8 Å². The Morgan fingerprint density at radius 1 is 1.07 bits per heavy atom. The van der Waals surface area contributed by atoms with Gasteiger partial charge in [-0.3, -0.25) is 4.84 Å². The van der Waals surface area contributed by atoms with Gasteiger partial charge in [0, 0.05) is 19.5 Å². The van der Waals surface area contributed by atoms with Gasteiger partial charge in [0.25, 0.3) is 0 Å². The Hall–Kier alpha value is -0.860. The molecule has 2 rings (SSSR count). The molecule has 0 aromatic heterocycles. The summed E-state index contributed by atoms with van der Waals surface area (Å²) in [5.74, 6) is 0. The summed E-state index contributed by atoms with van der Waals surface area (Å²) in [6.07, 6.45) is 4.76. The van der Waals surface area contributed by atoms with Crippen molar-refractivity contribution in [3.8, 4) is 0 Å². The van der Waals surface area contributed by atoms with Gasteiger partial charge in [-0.25, -0.2) is 0 Å². The normalized spacial score (nSPS) is 17.9. The Balaban J connectivity index is 1.66. The van der Waals surface area contributed by atoms with Crippen molar-refractivity contribution >= 4 is 0 Å². The maximum absolute atomic E-state index is 5.60. The number of nitrogens with zero attached hydrogens (tertiary/aromatic N) is 1. The van der Waals surface area contributed by atoms with Crippen LogP contribution >= 0.6 is 0 Å². The molecule has 1 aromatic rings. The highest BCUT2D eigenvalue weighted by atomic mass is 16.7. The Morgan fingerprint density at radius 3 is 2.53 bits per heavy atom. The second-order valence-electron chi connectivity index (χ2n) is 3.95. The molecule has 0 saturated carbocycles. The van der Waals surface area contributed by atoms with Crippen molar-refractivity contribution in [1.29, 1.82) is 0 Å². The summed E-state index contributed by atoms with van der Waals surface area (Å²) >= 11 is 0. The molecule has 0 N–H and O–H groups in total. The molecule has 0 atom stereocenters. The summed E-state index contributed by atoms with van der Waals surface area (Å²) in [5, 5.41) is 2.06. The van der Waals surface area contributed by atoms with Crippen molar-refractivity contribution in [1.82, 2.24) is 5.06 Å². The first-order chi connectivity index (χ1) is 7.45. The topological polar surface area (TPSA) is 12.5 Å². The fraction of sp³-hybridized carbons (Fsp3) is 0.462. The van der Waals surface area contributed by atoms with E-state index in [0.717, 1.165) is 19.5 Å². The molecular formula is C13H18NO. The predicted molar refractivity (Wildman–Crippen MR) is 61.0 cm³/mol. The Bertz CT molecular complexity index is 267. The molecule has 1 fully saturated rings. The van der Waals surface area contributed by atoms with Crippen LogP contribution in [-0.4, -0.2) is 18.2 Å². The molecule has 2 heteroatoms.